The van der Waals surface area contributed by atoms with Gasteiger partial charge in [-0.05, 0) is 11.8 Å². The lowest BCUT2D eigenvalue weighted by atomic mass is 9.91. The van der Waals surface area contributed by atoms with Crippen molar-refractivity contribution in [2.24, 2.45) is 23.2 Å². The zero-order valence-corrected chi connectivity index (χ0v) is 12.3. The number of carbonyl (C=O) groups is 2. The van der Waals surface area contributed by atoms with Crippen molar-refractivity contribution in [2.45, 2.75) is 38.9 Å². The Bertz CT molecular complexity index is 424. The Morgan fingerprint density at radius 3 is 2.50 bits per heavy atom. The quantitative estimate of drug-likeness (QED) is 0.539. The van der Waals surface area contributed by atoms with Crippen LogP contribution in [0.1, 0.15) is 33.1 Å². The largest absolute Gasteiger partial charge is 0.468 e. The summed E-state index contributed by atoms with van der Waals surface area (Å²) in [7, 11) is 1.34. The number of ether oxygens (including phenoxy) is 3. The molecular formula is C15H22O5. The van der Waals surface area contributed by atoms with Crippen LogP contribution < -0.4 is 0 Å². The van der Waals surface area contributed by atoms with Gasteiger partial charge in [-0.2, -0.15) is 0 Å². The third-order valence-electron chi connectivity index (χ3n) is 4.87. The summed E-state index contributed by atoms with van der Waals surface area (Å²) >= 11 is 0. The van der Waals surface area contributed by atoms with Gasteiger partial charge in [-0.15, -0.1) is 0 Å². The van der Waals surface area contributed by atoms with Crippen molar-refractivity contribution in [3.8, 4) is 0 Å². The molecule has 3 rings (SSSR count). The fourth-order valence-corrected chi connectivity index (χ4v) is 3.80. The first-order valence-electron chi connectivity index (χ1n) is 7.24. The summed E-state index contributed by atoms with van der Waals surface area (Å²) in [6.07, 6.45) is 1.79. The minimum Gasteiger partial charge on any atom is -0.468 e. The molecule has 5 heteroatoms. The molecular weight excluding hydrogens is 260 g/mol. The van der Waals surface area contributed by atoms with Gasteiger partial charge in [0, 0.05) is 24.7 Å². The normalized spacial score (nSPS) is 38.0. The average Bonchev–Trinajstić information content (AvgIpc) is 2.86. The van der Waals surface area contributed by atoms with Gasteiger partial charge in [-0.25, -0.2) is 0 Å². The van der Waals surface area contributed by atoms with Gasteiger partial charge in [0.15, 0.2) is 5.79 Å². The molecule has 1 heterocycles. The topological polar surface area (TPSA) is 61.8 Å². The van der Waals surface area contributed by atoms with Crippen molar-refractivity contribution in [3.05, 3.63) is 0 Å². The van der Waals surface area contributed by atoms with E-state index < -0.39 is 17.7 Å². The maximum Gasteiger partial charge on any atom is 0.316 e. The van der Waals surface area contributed by atoms with Gasteiger partial charge in [0.2, 0.25) is 0 Å². The molecule has 20 heavy (non-hydrogen) atoms. The second-order valence-corrected chi connectivity index (χ2v) is 7.16. The molecule has 5 nitrogen and oxygen atoms in total. The fourth-order valence-electron chi connectivity index (χ4n) is 3.80. The monoisotopic (exact) mass is 282 g/mol. The van der Waals surface area contributed by atoms with Crippen molar-refractivity contribution in [1.29, 1.82) is 0 Å². The molecule has 2 aliphatic carbocycles. The van der Waals surface area contributed by atoms with E-state index in [2.05, 4.69) is 13.8 Å². The Balaban J connectivity index is 1.74. The average molecular weight is 282 g/mol. The molecule has 1 saturated heterocycles. The molecule has 3 aliphatic rings. The highest BCUT2D eigenvalue weighted by Gasteiger charge is 2.59. The number of carbonyl (C=O) groups excluding carboxylic acids is 2. The lowest BCUT2D eigenvalue weighted by Gasteiger charge is -2.42. The highest BCUT2D eigenvalue weighted by Crippen LogP contribution is 2.53. The standard InChI is InChI=1S/C15H22O5/c1-14(2)7-19-15(20-8-14)5-9-4-11(16)12(10(9)6-15)13(17)18-3/h9-10,12H,4-8H2,1-3H3/t9-,10+,12-/m1/s1. The Morgan fingerprint density at radius 2 is 1.90 bits per heavy atom. The van der Waals surface area contributed by atoms with E-state index in [0.717, 1.165) is 0 Å². The van der Waals surface area contributed by atoms with Crippen LogP contribution in [0.2, 0.25) is 0 Å². The van der Waals surface area contributed by atoms with E-state index in [9.17, 15) is 9.59 Å². The van der Waals surface area contributed by atoms with Gasteiger partial charge < -0.3 is 14.2 Å². The summed E-state index contributed by atoms with van der Waals surface area (Å²) in [4.78, 5) is 23.8. The summed E-state index contributed by atoms with van der Waals surface area (Å²) < 4.78 is 16.8. The van der Waals surface area contributed by atoms with Crippen molar-refractivity contribution >= 4 is 11.8 Å². The Hall–Kier alpha value is -0.940. The van der Waals surface area contributed by atoms with E-state index in [1.165, 1.54) is 7.11 Å². The van der Waals surface area contributed by atoms with Gasteiger partial charge >= 0.3 is 5.97 Å². The first kappa shape index (κ1) is 14.0. The summed E-state index contributed by atoms with van der Waals surface area (Å²) in [6.45, 7) is 5.53. The van der Waals surface area contributed by atoms with Crippen LogP contribution in [0.25, 0.3) is 0 Å². The zero-order valence-electron chi connectivity index (χ0n) is 12.3. The number of hydrogen-bond donors (Lipinski definition) is 0. The van der Waals surface area contributed by atoms with E-state index >= 15 is 0 Å². The van der Waals surface area contributed by atoms with Gasteiger partial charge in [-0.3, -0.25) is 9.59 Å². The molecule has 3 fully saturated rings. The number of esters is 1. The van der Waals surface area contributed by atoms with Crippen LogP contribution in [0.3, 0.4) is 0 Å². The Labute approximate surface area is 118 Å². The van der Waals surface area contributed by atoms with Crippen LogP contribution in [0.5, 0.6) is 0 Å². The van der Waals surface area contributed by atoms with Crippen molar-refractivity contribution < 1.29 is 23.8 Å². The predicted octanol–water partition coefficient (Wildman–Crippen LogP) is 1.54. The third-order valence-corrected chi connectivity index (χ3v) is 4.87. The second kappa shape index (κ2) is 4.53. The highest BCUT2D eigenvalue weighted by molar-refractivity contribution is 6.01. The van der Waals surface area contributed by atoms with Crippen molar-refractivity contribution in [3.63, 3.8) is 0 Å². The molecule has 0 aromatic carbocycles. The number of methoxy groups -OCH3 is 1. The minimum absolute atomic E-state index is 0.0103. The van der Waals surface area contributed by atoms with Gasteiger partial charge in [0.25, 0.3) is 0 Å². The van der Waals surface area contributed by atoms with E-state index in [-0.39, 0.29) is 23.0 Å². The summed E-state index contributed by atoms with van der Waals surface area (Å²) in [5, 5.41) is 0. The summed E-state index contributed by atoms with van der Waals surface area (Å²) in [5.74, 6) is -1.40. The predicted molar refractivity (Wildman–Crippen MR) is 69.8 cm³/mol. The van der Waals surface area contributed by atoms with Crippen LogP contribution >= 0.6 is 0 Å². The van der Waals surface area contributed by atoms with Crippen LogP contribution in [0, 0.1) is 23.2 Å². The number of fused-ring (bicyclic) bond motifs is 1. The molecule has 1 spiro atoms. The van der Waals surface area contributed by atoms with Gasteiger partial charge in [0.1, 0.15) is 11.7 Å². The van der Waals surface area contributed by atoms with E-state index in [1.807, 2.05) is 0 Å². The molecule has 0 N–H and O–H groups in total. The van der Waals surface area contributed by atoms with Crippen LogP contribution in [0.4, 0.5) is 0 Å². The number of rotatable bonds is 1. The number of Topliss-reactive ketones (excluding diaryl/α,β-unsaturated/α-hetero) is 1. The van der Waals surface area contributed by atoms with E-state index in [0.29, 0.717) is 32.5 Å². The molecule has 0 radical (unpaired) electrons. The molecule has 0 amide bonds. The van der Waals surface area contributed by atoms with E-state index in [1.54, 1.807) is 0 Å². The maximum absolute atomic E-state index is 12.0. The molecule has 3 atom stereocenters. The SMILES string of the molecule is COC(=O)[C@H]1C(=O)C[C@@H]2CC3(C[C@@H]21)OCC(C)(C)CO3. The third kappa shape index (κ3) is 2.17. The molecule has 0 unspecified atom stereocenters. The molecule has 1 aliphatic heterocycles. The minimum atomic E-state index is -0.619. The van der Waals surface area contributed by atoms with Gasteiger partial charge in [0.05, 0.1) is 20.3 Å². The first-order valence-corrected chi connectivity index (χ1v) is 7.24. The van der Waals surface area contributed by atoms with Crippen LogP contribution in [-0.2, 0) is 23.8 Å². The highest BCUT2D eigenvalue weighted by atomic mass is 16.7. The van der Waals surface area contributed by atoms with Gasteiger partial charge in [-0.1, -0.05) is 13.8 Å². The Morgan fingerprint density at radius 1 is 1.25 bits per heavy atom. The van der Waals surface area contributed by atoms with Crippen molar-refractivity contribution in [2.75, 3.05) is 20.3 Å². The lowest BCUT2D eigenvalue weighted by molar-refractivity contribution is -0.297. The van der Waals surface area contributed by atoms with E-state index in [4.69, 9.17) is 14.2 Å². The zero-order chi connectivity index (χ0) is 14.5. The summed E-state index contributed by atoms with van der Waals surface area (Å²) in [6, 6.07) is 0. The van der Waals surface area contributed by atoms with Crippen LogP contribution in [-0.4, -0.2) is 37.9 Å². The molecule has 2 saturated carbocycles. The molecule has 112 valence electrons. The van der Waals surface area contributed by atoms with Crippen molar-refractivity contribution in [1.82, 2.24) is 0 Å². The maximum atomic E-state index is 12.0. The Kier molecular flexibility index (Phi) is 3.18. The summed E-state index contributed by atoms with van der Waals surface area (Å²) in [5.41, 5.74) is 0.0283. The first-order chi connectivity index (χ1) is 9.36. The molecule has 0 aromatic heterocycles. The smallest absolute Gasteiger partial charge is 0.316 e. The fraction of sp³-hybridized carbons (Fsp3) is 0.867. The molecule has 0 bridgehead atoms. The second-order valence-electron chi connectivity index (χ2n) is 7.16. The number of ketones is 1. The lowest BCUT2D eigenvalue weighted by Crippen LogP contribution is -2.46. The number of hydrogen-bond acceptors (Lipinski definition) is 5. The molecule has 0 aromatic rings. The van der Waals surface area contributed by atoms with Crippen LogP contribution in [0.15, 0.2) is 0 Å².